The molecule has 170 valence electrons. The Morgan fingerprint density at radius 3 is 2.58 bits per heavy atom. The molecule has 2 aromatic carbocycles. The molecule has 0 saturated heterocycles. The van der Waals surface area contributed by atoms with Gasteiger partial charge in [0, 0.05) is 11.4 Å². The first-order valence-electron chi connectivity index (χ1n) is 9.80. The third-order valence-electron chi connectivity index (χ3n) is 5.08. The zero-order chi connectivity index (χ0) is 22.6. The van der Waals surface area contributed by atoms with Gasteiger partial charge in [-0.3, -0.25) is 9.62 Å². The topological polar surface area (TPSA) is 84.9 Å². The Labute approximate surface area is 183 Å². The van der Waals surface area contributed by atoms with Crippen molar-refractivity contribution < 1.29 is 27.1 Å². The molecular formula is C21H27FN2O5S2. The molecule has 2 aromatic rings. The number of sulfonamides is 1. The Bertz CT molecular complexity index is 1040. The number of amides is 1. The second-order valence-corrected chi connectivity index (χ2v) is 14.0. The first-order valence-corrected chi connectivity index (χ1v) is 14.0. The molecule has 0 fully saturated rings. The Kier molecular flexibility index (Phi) is 7.00. The smallest absolute Gasteiger partial charge is 0.411 e. The second-order valence-electron chi connectivity index (χ2n) is 7.58. The van der Waals surface area contributed by atoms with Gasteiger partial charge in [-0.2, -0.15) is 0 Å². The van der Waals surface area contributed by atoms with Crippen LogP contribution >= 0.6 is 10.0 Å². The molecule has 0 bridgehead atoms. The normalized spacial score (nSPS) is 14.4. The van der Waals surface area contributed by atoms with Gasteiger partial charge >= 0.3 is 6.09 Å². The summed E-state index contributed by atoms with van der Waals surface area (Å²) in [5.41, 5.74) is 0.681. The van der Waals surface area contributed by atoms with Crippen molar-refractivity contribution in [1.29, 1.82) is 0 Å². The average Bonchev–Trinajstić information content (AvgIpc) is 2.73. The van der Waals surface area contributed by atoms with E-state index in [0.717, 1.165) is 23.6 Å². The number of fused-ring (bicyclic) bond motifs is 1. The van der Waals surface area contributed by atoms with Crippen molar-refractivity contribution in [2.45, 2.75) is 11.8 Å². The van der Waals surface area contributed by atoms with Crippen LogP contribution in [-0.4, -0.2) is 58.3 Å². The van der Waals surface area contributed by atoms with Crippen LogP contribution in [0.3, 0.4) is 0 Å². The predicted octanol–water partition coefficient (Wildman–Crippen LogP) is 4.05. The van der Waals surface area contributed by atoms with E-state index >= 15 is 0 Å². The summed E-state index contributed by atoms with van der Waals surface area (Å²) in [4.78, 5) is 12.1. The quantitative estimate of drug-likeness (QED) is 0.660. The highest BCUT2D eigenvalue weighted by atomic mass is 32.3. The molecule has 3 rings (SSSR count). The van der Waals surface area contributed by atoms with Gasteiger partial charge in [0.1, 0.15) is 24.8 Å². The lowest BCUT2D eigenvalue weighted by Crippen LogP contribution is -2.38. The molecule has 1 aliphatic rings. The van der Waals surface area contributed by atoms with Crippen LogP contribution in [0.4, 0.5) is 20.6 Å². The number of nitrogens with zero attached hydrogens (tertiary/aromatic N) is 1. The lowest BCUT2D eigenvalue weighted by atomic mass is 10.2. The van der Waals surface area contributed by atoms with Gasteiger partial charge in [-0.1, -0.05) is 6.92 Å². The van der Waals surface area contributed by atoms with E-state index in [1.54, 1.807) is 12.1 Å². The highest BCUT2D eigenvalue weighted by Crippen LogP contribution is 2.39. The van der Waals surface area contributed by atoms with E-state index in [2.05, 4.69) is 24.8 Å². The maximum Gasteiger partial charge on any atom is 0.411 e. The van der Waals surface area contributed by atoms with Crippen LogP contribution in [0.15, 0.2) is 47.4 Å². The highest BCUT2D eigenvalue weighted by molar-refractivity contribution is 8.32. The van der Waals surface area contributed by atoms with Gasteiger partial charge < -0.3 is 9.47 Å². The molecule has 1 amide bonds. The summed E-state index contributed by atoms with van der Waals surface area (Å²) in [5.74, 6) is 1.74. The van der Waals surface area contributed by atoms with E-state index < -0.39 is 32.0 Å². The number of carbonyl (C=O) groups excluding carboxylic acids is 1. The molecule has 1 heterocycles. The van der Waals surface area contributed by atoms with Crippen molar-refractivity contribution in [3.63, 3.8) is 0 Å². The molecule has 1 aliphatic heterocycles. The molecule has 0 radical (unpaired) electrons. The van der Waals surface area contributed by atoms with Crippen molar-refractivity contribution in [3.05, 3.63) is 48.3 Å². The van der Waals surface area contributed by atoms with E-state index in [-0.39, 0.29) is 18.0 Å². The number of anilines is 2. The molecule has 0 atom stereocenters. The van der Waals surface area contributed by atoms with Crippen molar-refractivity contribution in [2.75, 3.05) is 53.4 Å². The standard InChI is InChI=1S/C21H27FN2O5S2/c1-4-30(2,3)14-13-29-21(25)23-17-7-10-20-19(15-17)24(11-12-28-20)31(26,27)18-8-5-16(22)6-9-18/h5-10,15H,4,11-14H2,1-3H3,(H,23,25). The Morgan fingerprint density at radius 2 is 1.90 bits per heavy atom. The van der Waals surface area contributed by atoms with Crippen LogP contribution < -0.4 is 14.4 Å². The van der Waals surface area contributed by atoms with Gasteiger partial charge in [0.05, 0.1) is 17.1 Å². The van der Waals surface area contributed by atoms with Crippen molar-refractivity contribution >= 4 is 37.5 Å². The van der Waals surface area contributed by atoms with E-state index in [1.807, 2.05) is 0 Å². The van der Waals surface area contributed by atoms with Gasteiger partial charge in [-0.25, -0.2) is 27.6 Å². The van der Waals surface area contributed by atoms with Gasteiger partial charge in [0.25, 0.3) is 10.0 Å². The Balaban J connectivity index is 1.76. The van der Waals surface area contributed by atoms with Crippen LogP contribution in [0.25, 0.3) is 0 Å². The Morgan fingerprint density at radius 1 is 1.19 bits per heavy atom. The number of benzene rings is 2. The zero-order valence-corrected chi connectivity index (χ0v) is 19.4. The summed E-state index contributed by atoms with van der Waals surface area (Å²) in [6.45, 7) is 2.71. The number of ether oxygens (including phenoxy) is 2. The van der Waals surface area contributed by atoms with Crippen molar-refractivity contribution in [3.8, 4) is 5.75 Å². The number of nitrogens with one attached hydrogen (secondary N) is 1. The average molecular weight is 471 g/mol. The zero-order valence-electron chi connectivity index (χ0n) is 17.8. The minimum Gasteiger partial charge on any atom is -0.489 e. The monoisotopic (exact) mass is 470 g/mol. The SMILES string of the molecule is CCS(C)(C)CCOC(=O)Nc1ccc2c(c1)N(S(=O)(=O)c1ccc(F)cc1)CCO2. The largest absolute Gasteiger partial charge is 0.489 e. The molecule has 0 unspecified atom stereocenters. The van der Waals surface area contributed by atoms with Crippen molar-refractivity contribution in [1.82, 2.24) is 0 Å². The first-order chi connectivity index (χ1) is 14.6. The maximum absolute atomic E-state index is 13.2. The molecule has 10 heteroatoms. The van der Waals surface area contributed by atoms with Crippen LogP contribution in [0.1, 0.15) is 6.92 Å². The predicted molar refractivity (Wildman–Crippen MR) is 123 cm³/mol. The summed E-state index contributed by atoms with van der Waals surface area (Å²) in [6, 6.07) is 9.39. The number of carbonyl (C=O) groups is 1. The summed E-state index contributed by atoms with van der Waals surface area (Å²) < 4.78 is 51.5. The van der Waals surface area contributed by atoms with Crippen LogP contribution in [-0.2, 0) is 14.8 Å². The van der Waals surface area contributed by atoms with Crippen molar-refractivity contribution in [2.24, 2.45) is 0 Å². The summed E-state index contributed by atoms with van der Waals surface area (Å²) >= 11 is 0. The minimum absolute atomic E-state index is 0.0273. The lowest BCUT2D eigenvalue weighted by Gasteiger charge is -2.31. The molecule has 0 saturated carbocycles. The third kappa shape index (κ3) is 5.62. The van der Waals surface area contributed by atoms with Gasteiger partial charge in [-0.15, -0.1) is 0 Å². The summed E-state index contributed by atoms with van der Waals surface area (Å²) in [6.07, 6.45) is 3.78. The fourth-order valence-corrected chi connectivity index (χ4v) is 5.19. The van der Waals surface area contributed by atoms with Gasteiger partial charge in [0.2, 0.25) is 0 Å². The molecule has 0 spiro atoms. The van der Waals surface area contributed by atoms with Crippen LogP contribution in [0.2, 0.25) is 0 Å². The highest BCUT2D eigenvalue weighted by Gasteiger charge is 2.30. The third-order valence-corrected chi connectivity index (χ3v) is 9.74. The number of hydrogen-bond donors (Lipinski definition) is 1. The van der Waals surface area contributed by atoms with Gasteiger partial charge in [-0.05, 0) is 60.7 Å². The summed E-state index contributed by atoms with van der Waals surface area (Å²) in [7, 11) is -4.70. The fraction of sp³-hybridized carbons (Fsp3) is 0.381. The molecule has 1 N–H and O–H groups in total. The number of rotatable bonds is 7. The van der Waals surface area contributed by atoms with Crippen LogP contribution in [0, 0.1) is 5.82 Å². The fourth-order valence-electron chi connectivity index (χ4n) is 2.91. The van der Waals surface area contributed by atoms with Gasteiger partial charge in [0.15, 0.2) is 0 Å². The lowest BCUT2D eigenvalue weighted by molar-refractivity contribution is 0.169. The molecule has 0 aliphatic carbocycles. The molecule has 31 heavy (non-hydrogen) atoms. The Hall–Kier alpha value is -2.46. The van der Waals surface area contributed by atoms with E-state index in [1.165, 1.54) is 22.5 Å². The number of halogens is 1. The molecule has 0 aromatic heterocycles. The second kappa shape index (κ2) is 9.35. The number of hydrogen-bond acceptors (Lipinski definition) is 5. The molecule has 7 nitrogen and oxygen atoms in total. The van der Waals surface area contributed by atoms with E-state index in [9.17, 15) is 17.6 Å². The summed E-state index contributed by atoms with van der Waals surface area (Å²) in [5, 5.41) is 2.64. The maximum atomic E-state index is 13.2. The minimum atomic E-state index is -3.93. The molecular weight excluding hydrogens is 443 g/mol. The van der Waals surface area contributed by atoms with E-state index in [4.69, 9.17) is 9.47 Å². The van der Waals surface area contributed by atoms with Crippen LogP contribution in [0.5, 0.6) is 5.75 Å². The first kappa shape index (κ1) is 23.2. The van der Waals surface area contributed by atoms with E-state index in [0.29, 0.717) is 23.7 Å².